The lowest BCUT2D eigenvalue weighted by molar-refractivity contribution is 0.415. The molecule has 0 radical (unpaired) electrons. The molecule has 0 N–H and O–H groups in total. The maximum atomic E-state index is 5.26. The first-order valence-electron chi connectivity index (χ1n) is 8.45. The van der Waals surface area contributed by atoms with E-state index in [1.165, 1.54) is 47.3 Å². The number of allylic oxidation sites excluding steroid dienone is 1. The summed E-state index contributed by atoms with van der Waals surface area (Å²) in [6, 6.07) is 15.2. The van der Waals surface area contributed by atoms with Gasteiger partial charge in [0.15, 0.2) is 0 Å². The van der Waals surface area contributed by atoms with Gasteiger partial charge in [0.25, 0.3) is 0 Å². The normalized spacial score (nSPS) is 14.6. The van der Waals surface area contributed by atoms with Gasteiger partial charge in [0.05, 0.1) is 7.11 Å². The molecule has 23 heavy (non-hydrogen) atoms. The van der Waals surface area contributed by atoms with Crippen molar-refractivity contribution in [1.82, 2.24) is 0 Å². The summed E-state index contributed by atoms with van der Waals surface area (Å²) in [6.07, 6.45) is 4.63. The van der Waals surface area contributed by atoms with E-state index in [-0.39, 0.29) is 0 Å². The summed E-state index contributed by atoms with van der Waals surface area (Å²) >= 11 is 0. The van der Waals surface area contributed by atoms with Crippen molar-refractivity contribution in [3.05, 3.63) is 65.2 Å². The van der Waals surface area contributed by atoms with E-state index in [4.69, 9.17) is 4.74 Å². The fourth-order valence-electron chi connectivity index (χ4n) is 3.44. The van der Waals surface area contributed by atoms with Crippen LogP contribution in [0.2, 0.25) is 0 Å². The zero-order chi connectivity index (χ0) is 16.2. The summed E-state index contributed by atoms with van der Waals surface area (Å²) in [5.74, 6) is 0.897. The molecule has 0 spiro atoms. The average molecular weight is 307 g/mol. The number of benzene rings is 2. The Morgan fingerprint density at radius 3 is 2.52 bits per heavy atom. The Labute approximate surface area is 139 Å². The fourth-order valence-corrected chi connectivity index (χ4v) is 3.44. The fraction of sp³-hybridized carbons (Fsp3) is 0.333. The van der Waals surface area contributed by atoms with E-state index in [1.807, 2.05) is 12.1 Å². The van der Waals surface area contributed by atoms with Gasteiger partial charge in [0.2, 0.25) is 0 Å². The predicted octanol–water partition coefficient (Wildman–Crippen LogP) is 4.92. The van der Waals surface area contributed by atoms with Crippen LogP contribution in [0.15, 0.2) is 48.5 Å². The van der Waals surface area contributed by atoms with E-state index in [9.17, 15) is 0 Å². The topological polar surface area (TPSA) is 12.5 Å². The third-order valence-corrected chi connectivity index (χ3v) is 4.68. The monoisotopic (exact) mass is 307 g/mol. The molecule has 0 bridgehead atoms. The summed E-state index contributed by atoms with van der Waals surface area (Å²) < 4.78 is 5.26. The van der Waals surface area contributed by atoms with Gasteiger partial charge in [0.1, 0.15) is 5.75 Å². The van der Waals surface area contributed by atoms with Gasteiger partial charge in [-0.15, -0.1) is 0 Å². The van der Waals surface area contributed by atoms with Gasteiger partial charge in [0, 0.05) is 18.8 Å². The Kier molecular flexibility index (Phi) is 4.71. The lowest BCUT2D eigenvalue weighted by Crippen LogP contribution is -2.28. The molecular formula is C21H25NO. The number of hydrogen-bond donors (Lipinski definition) is 0. The van der Waals surface area contributed by atoms with Gasteiger partial charge in [-0.3, -0.25) is 0 Å². The molecule has 0 amide bonds. The molecule has 0 saturated carbocycles. The first-order valence-corrected chi connectivity index (χ1v) is 8.45. The minimum absolute atomic E-state index is 0.897. The molecule has 0 saturated heterocycles. The second-order valence-corrected chi connectivity index (χ2v) is 5.96. The maximum Gasteiger partial charge on any atom is 0.118 e. The molecule has 2 nitrogen and oxygen atoms in total. The first kappa shape index (κ1) is 15.7. The maximum absolute atomic E-state index is 5.26. The number of methoxy groups -OCH3 is 1. The van der Waals surface area contributed by atoms with Crippen molar-refractivity contribution in [2.24, 2.45) is 0 Å². The quantitative estimate of drug-likeness (QED) is 0.795. The predicted molar refractivity (Wildman–Crippen MR) is 98.4 cm³/mol. The van der Waals surface area contributed by atoms with Gasteiger partial charge in [-0.05, 0) is 73.2 Å². The summed E-state index contributed by atoms with van der Waals surface area (Å²) in [6.45, 7) is 6.61. The van der Waals surface area contributed by atoms with Crippen LogP contribution in [0, 0.1) is 0 Å². The van der Waals surface area contributed by atoms with Crippen LogP contribution in [0.5, 0.6) is 5.75 Å². The summed E-state index contributed by atoms with van der Waals surface area (Å²) in [5, 5.41) is 0. The van der Waals surface area contributed by atoms with Gasteiger partial charge in [-0.2, -0.15) is 0 Å². The van der Waals surface area contributed by atoms with Crippen LogP contribution < -0.4 is 9.64 Å². The molecule has 2 heteroatoms. The number of hydrogen-bond acceptors (Lipinski definition) is 2. The minimum atomic E-state index is 0.897. The Balaban J connectivity index is 1.96. The lowest BCUT2D eigenvalue weighted by Gasteiger charge is -2.30. The van der Waals surface area contributed by atoms with Crippen LogP contribution in [0.4, 0.5) is 5.69 Å². The van der Waals surface area contributed by atoms with Crippen molar-refractivity contribution < 1.29 is 4.74 Å². The Hall–Kier alpha value is -2.22. The second-order valence-electron chi connectivity index (χ2n) is 5.96. The third-order valence-electron chi connectivity index (χ3n) is 4.68. The van der Waals surface area contributed by atoms with Crippen LogP contribution >= 0.6 is 0 Å². The molecule has 1 aliphatic heterocycles. The molecule has 0 fully saturated rings. The van der Waals surface area contributed by atoms with E-state index in [2.05, 4.69) is 55.2 Å². The van der Waals surface area contributed by atoms with E-state index in [0.717, 1.165) is 12.3 Å². The average Bonchev–Trinajstić information content (AvgIpc) is 2.62. The molecule has 2 aromatic rings. The molecular weight excluding hydrogens is 282 g/mol. The number of rotatable bonds is 4. The Morgan fingerprint density at radius 1 is 1.13 bits per heavy atom. The zero-order valence-electron chi connectivity index (χ0n) is 14.3. The van der Waals surface area contributed by atoms with Crippen molar-refractivity contribution in [1.29, 1.82) is 0 Å². The lowest BCUT2D eigenvalue weighted by atomic mass is 9.92. The van der Waals surface area contributed by atoms with E-state index in [1.54, 1.807) is 7.11 Å². The number of ether oxygens (including phenoxy) is 1. The van der Waals surface area contributed by atoms with Crippen molar-refractivity contribution >= 4 is 11.3 Å². The SMILES string of the molecule is CC=C(c1ccc(OC)cc1)c1ccc2c(c1)CCCN2CC. The van der Waals surface area contributed by atoms with E-state index < -0.39 is 0 Å². The Bertz CT molecular complexity index is 700. The number of nitrogens with zero attached hydrogens (tertiary/aromatic N) is 1. The molecule has 0 atom stereocenters. The molecule has 3 rings (SSSR count). The second kappa shape index (κ2) is 6.91. The van der Waals surface area contributed by atoms with Crippen molar-refractivity contribution in [3.8, 4) is 5.75 Å². The van der Waals surface area contributed by atoms with Gasteiger partial charge >= 0.3 is 0 Å². The number of aryl methyl sites for hydroxylation is 1. The number of anilines is 1. The minimum Gasteiger partial charge on any atom is -0.497 e. The van der Waals surface area contributed by atoms with Crippen LogP contribution in [0.1, 0.15) is 37.0 Å². The highest BCUT2D eigenvalue weighted by molar-refractivity contribution is 5.81. The molecule has 120 valence electrons. The van der Waals surface area contributed by atoms with Crippen molar-refractivity contribution in [3.63, 3.8) is 0 Å². The highest BCUT2D eigenvalue weighted by Gasteiger charge is 2.16. The summed E-state index contributed by atoms with van der Waals surface area (Å²) in [5.41, 5.74) is 6.70. The summed E-state index contributed by atoms with van der Waals surface area (Å²) in [7, 11) is 1.70. The number of fused-ring (bicyclic) bond motifs is 1. The van der Waals surface area contributed by atoms with Crippen LogP contribution in [-0.2, 0) is 6.42 Å². The Morgan fingerprint density at radius 2 is 1.87 bits per heavy atom. The van der Waals surface area contributed by atoms with Crippen LogP contribution in [0.25, 0.3) is 5.57 Å². The largest absolute Gasteiger partial charge is 0.497 e. The standard InChI is InChI=1S/C21H25NO/c1-4-20(16-8-11-19(23-3)12-9-16)17-10-13-21-18(15-17)7-6-14-22(21)5-2/h4,8-13,15H,5-7,14H2,1-3H3. The first-order chi connectivity index (χ1) is 11.3. The smallest absolute Gasteiger partial charge is 0.118 e. The van der Waals surface area contributed by atoms with Gasteiger partial charge in [-0.1, -0.05) is 24.3 Å². The molecule has 2 aromatic carbocycles. The zero-order valence-corrected chi connectivity index (χ0v) is 14.3. The summed E-state index contributed by atoms with van der Waals surface area (Å²) in [4.78, 5) is 2.48. The van der Waals surface area contributed by atoms with E-state index in [0.29, 0.717) is 0 Å². The highest BCUT2D eigenvalue weighted by Crippen LogP contribution is 2.32. The highest BCUT2D eigenvalue weighted by atomic mass is 16.5. The van der Waals surface area contributed by atoms with Gasteiger partial charge < -0.3 is 9.64 Å². The van der Waals surface area contributed by atoms with Crippen LogP contribution in [-0.4, -0.2) is 20.2 Å². The van der Waals surface area contributed by atoms with Gasteiger partial charge in [-0.25, -0.2) is 0 Å². The molecule has 1 heterocycles. The molecule has 0 aromatic heterocycles. The van der Waals surface area contributed by atoms with E-state index >= 15 is 0 Å². The molecule has 1 aliphatic rings. The molecule has 0 aliphatic carbocycles. The third kappa shape index (κ3) is 3.12. The van der Waals surface area contributed by atoms with Crippen LogP contribution in [0.3, 0.4) is 0 Å². The van der Waals surface area contributed by atoms with Crippen molar-refractivity contribution in [2.75, 3.05) is 25.1 Å². The van der Waals surface area contributed by atoms with Crippen molar-refractivity contribution in [2.45, 2.75) is 26.7 Å². The molecule has 0 unspecified atom stereocenters.